The molecule has 144 valence electrons. The molecular formula is C23H26N4O. The van der Waals surface area contributed by atoms with Crippen LogP contribution < -0.4 is 5.73 Å². The van der Waals surface area contributed by atoms with Crippen molar-refractivity contribution in [2.24, 2.45) is 5.73 Å². The topological polar surface area (TPSA) is 63.6 Å². The summed E-state index contributed by atoms with van der Waals surface area (Å²) in [6, 6.07) is 16.7. The second kappa shape index (κ2) is 6.45. The number of carbonyl (C=O) groups excluding carboxylic acids is 1. The van der Waals surface area contributed by atoms with E-state index in [0.717, 1.165) is 56.5 Å². The quantitative estimate of drug-likeness (QED) is 0.766. The maximum Gasteiger partial charge on any atom is 0.242 e. The average molecular weight is 374 g/mol. The molecule has 0 spiro atoms. The lowest BCUT2D eigenvalue weighted by molar-refractivity contribution is -0.141. The van der Waals surface area contributed by atoms with Gasteiger partial charge in [0.1, 0.15) is 5.65 Å². The normalized spacial score (nSPS) is 20.7. The van der Waals surface area contributed by atoms with Gasteiger partial charge in [0, 0.05) is 30.9 Å². The molecule has 2 aromatic heterocycles. The standard InChI is InChI=1S/C23H26N4O/c24-23(10-6-11-23)21(28)26-15-12-22(13-16-26,18-7-2-1-3-8-18)19-17-27-14-5-4-9-20(27)25-19/h1-5,7-9,14,17H,6,10-13,15-16,24H2. The van der Waals surface area contributed by atoms with E-state index in [9.17, 15) is 4.79 Å². The third-order valence-electron chi connectivity index (χ3n) is 6.76. The lowest BCUT2D eigenvalue weighted by atomic mass is 9.69. The molecule has 1 saturated heterocycles. The van der Waals surface area contributed by atoms with Gasteiger partial charge in [-0.2, -0.15) is 0 Å². The Morgan fingerprint density at radius 2 is 1.68 bits per heavy atom. The van der Waals surface area contributed by atoms with E-state index in [1.54, 1.807) is 0 Å². The smallest absolute Gasteiger partial charge is 0.242 e. The Balaban J connectivity index is 1.49. The summed E-state index contributed by atoms with van der Waals surface area (Å²) in [5.74, 6) is 0.135. The molecular weight excluding hydrogens is 348 g/mol. The summed E-state index contributed by atoms with van der Waals surface area (Å²) in [6.45, 7) is 1.45. The Hall–Kier alpha value is -2.66. The minimum absolute atomic E-state index is 0.135. The van der Waals surface area contributed by atoms with Crippen LogP contribution in [0.4, 0.5) is 0 Å². The highest BCUT2D eigenvalue weighted by Gasteiger charge is 2.46. The zero-order chi connectivity index (χ0) is 19.2. The van der Waals surface area contributed by atoms with Crippen molar-refractivity contribution in [2.75, 3.05) is 13.1 Å². The van der Waals surface area contributed by atoms with Gasteiger partial charge in [0.05, 0.1) is 11.2 Å². The highest BCUT2D eigenvalue weighted by atomic mass is 16.2. The number of likely N-dealkylation sites (tertiary alicyclic amines) is 1. The van der Waals surface area contributed by atoms with E-state index in [1.807, 2.05) is 35.4 Å². The van der Waals surface area contributed by atoms with Crippen molar-refractivity contribution >= 4 is 11.6 Å². The van der Waals surface area contributed by atoms with Crippen LogP contribution in [0.3, 0.4) is 0 Å². The molecule has 1 aliphatic carbocycles. The number of rotatable bonds is 3. The molecule has 3 aromatic rings. The number of benzene rings is 1. The molecule has 28 heavy (non-hydrogen) atoms. The number of hydrogen-bond acceptors (Lipinski definition) is 3. The highest BCUT2D eigenvalue weighted by Crippen LogP contribution is 2.42. The number of imidazole rings is 1. The van der Waals surface area contributed by atoms with Crippen LogP contribution in [0.2, 0.25) is 0 Å². The monoisotopic (exact) mass is 374 g/mol. The number of nitrogens with two attached hydrogens (primary N) is 1. The van der Waals surface area contributed by atoms with E-state index in [1.165, 1.54) is 5.56 Å². The van der Waals surface area contributed by atoms with Crippen molar-refractivity contribution in [1.82, 2.24) is 14.3 Å². The predicted molar refractivity (Wildman–Crippen MR) is 109 cm³/mol. The zero-order valence-corrected chi connectivity index (χ0v) is 16.1. The highest BCUT2D eigenvalue weighted by molar-refractivity contribution is 5.87. The van der Waals surface area contributed by atoms with Gasteiger partial charge in [-0.05, 0) is 49.8 Å². The molecule has 2 N–H and O–H groups in total. The summed E-state index contributed by atoms with van der Waals surface area (Å²) in [7, 11) is 0. The maximum atomic E-state index is 12.9. The van der Waals surface area contributed by atoms with Crippen LogP contribution in [0.25, 0.3) is 5.65 Å². The number of fused-ring (bicyclic) bond motifs is 1. The van der Waals surface area contributed by atoms with Crippen LogP contribution in [0.15, 0.2) is 60.9 Å². The number of nitrogens with zero attached hydrogens (tertiary/aromatic N) is 3. The Bertz CT molecular complexity index is 965. The maximum absolute atomic E-state index is 12.9. The van der Waals surface area contributed by atoms with Gasteiger partial charge in [-0.25, -0.2) is 4.98 Å². The molecule has 5 nitrogen and oxygen atoms in total. The van der Waals surface area contributed by atoms with Gasteiger partial charge in [-0.1, -0.05) is 36.4 Å². The van der Waals surface area contributed by atoms with Crippen molar-refractivity contribution < 1.29 is 4.79 Å². The first-order valence-corrected chi connectivity index (χ1v) is 10.2. The molecule has 2 fully saturated rings. The van der Waals surface area contributed by atoms with Crippen LogP contribution in [0.5, 0.6) is 0 Å². The molecule has 3 heterocycles. The first-order chi connectivity index (χ1) is 13.6. The van der Waals surface area contributed by atoms with E-state index < -0.39 is 5.54 Å². The number of aromatic nitrogens is 2. The Labute approximate surface area is 165 Å². The second-order valence-corrected chi connectivity index (χ2v) is 8.34. The Kier molecular flexibility index (Phi) is 4.02. The van der Waals surface area contributed by atoms with E-state index in [2.05, 4.69) is 34.9 Å². The molecule has 0 bridgehead atoms. The summed E-state index contributed by atoms with van der Waals surface area (Å²) >= 11 is 0. The SMILES string of the molecule is NC1(C(=O)N2CCC(c3ccccc3)(c3cn4ccccc4n3)CC2)CCC1. The lowest BCUT2D eigenvalue weighted by Gasteiger charge is -2.46. The molecule has 0 unspecified atom stereocenters. The zero-order valence-electron chi connectivity index (χ0n) is 16.1. The van der Waals surface area contributed by atoms with E-state index >= 15 is 0 Å². The van der Waals surface area contributed by atoms with Gasteiger partial charge in [-0.15, -0.1) is 0 Å². The predicted octanol–water partition coefficient (Wildman–Crippen LogP) is 3.12. The summed E-state index contributed by atoms with van der Waals surface area (Å²) in [5.41, 5.74) is 8.84. The van der Waals surface area contributed by atoms with Gasteiger partial charge in [0.15, 0.2) is 0 Å². The van der Waals surface area contributed by atoms with Crippen LogP contribution in [0.1, 0.15) is 43.4 Å². The van der Waals surface area contributed by atoms with Gasteiger partial charge >= 0.3 is 0 Å². The van der Waals surface area contributed by atoms with Crippen LogP contribution in [-0.2, 0) is 10.2 Å². The fourth-order valence-corrected chi connectivity index (χ4v) is 4.79. The third-order valence-corrected chi connectivity index (χ3v) is 6.76. The lowest BCUT2D eigenvalue weighted by Crippen LogP contribution is -2.61. The third kappa shape index (κ3) is 2.65. The summed E-state index contributed by atoms with van der Waals surface area (Å²) < 4.78 is 2.08. The van der Waals surface area contributed by atoms with Crippen LogP contribution in [0, 0.1) is 0 Å². The van der Waals surface area contributed by atoms with Crippen LogP contribution >= 0.6 is 0 Å². The first-order valence-electron chi connectivity index (χ1n) is 10.2. The molecule has 0 atom stereocenters. The second-order valence-electron chi connectivity index (χ2n) is 8.34. The van der Waals surface area contributed by atoms with Gasteiger partial charge in [-0.3, -0.25) is 4.79 Å². The van der Waals surface area contributed by atoms with Crippen molar-refractivity contribution in [1.29, 1.82) is 0 Å². The molecule has 1 amide bonds. The molecule has 1 saturated carbocycles. The number of pyridine rings is 1. The first kappa shape index (κ1) is 17.4. The molecule has 1 aromatic carbocycles. The number of piperidine rings is 1. The molecule has 5 rings (SSSR count). The fourth-order valence-electron chi connectivity index (χ4n) is 4.79. The summed E-state index contributed by atoms with van der Waals surface area (Å²) in [4.78, 5) is 19.9. The fraction of sp³-hybridized carbons (Fsp3) is 0.391. The molecule has 1 aliphatic heterocycles. The van der Waals surface area contributed by atoms with E-state index in [4.69, 9.17) is 10.7 Å². The minimum atomic E-state index is -0.615. The number of amides is 1. The van der Waals surface area contributed by atoms with Crippen molar-refractivity contribution in [3.05, 3.63) is 72.2 Å². The molecule has 2 aliphatic rings. The van der Waals surface area contributed by atoms with Crippen molar-refractivity contribution in [3.63, 3.8) is 0 Å². The van der Waals surface area contributed by atoms with Gasteiger partial charge in [0.2, 0.25) is 5.91 Å². The largest absolute Gasteiger partial charge is 0.341 e. The van der Waals surface area contributed by atoms with Gasteiger partial charge < -0.3 is 15.0 Å². The summed E-state index contributed by atoms with van der Waals surface area (Å²) in [5, 5.41) is 0. The van der Waals surface area contributed by atoms with Crippen LogP contribution in [-0.4, -0.2) is 38.8 Å². The van der Waals surface area contributed by atoms with E-state index in [-0.39, 0.29) is 11.3 Å². The summed E-state index contributed by atoms with van der Waals surface area (Å²) in [6.07, 6.45) is 8.61. The minimum Gasteiger partial charge on any atom is -0.341 e. The molecule has 0 radical (unpaired) electrons. The van der Waals surface area contributed by atoms with E-state index in [0.29, 0.717) is 0 Å². The van der Waals surface area contributed by atoms with Gasteiger partial charge in [0.25, 0.3) is 0 Å². The number of carbonyl (C=O) groups is 1. The Morgan fingerprint density at radius 1 is 0.964 bits per heavy atom. The average Bonchev–Trinajstić information content (AvgIpc) is 3.17. The van der Waals surface area contributed by atoms with Crippen molar-refractivity contribution in [3.8, 4) is 0 Å². The van der Waals surface area contributed by atoms with Crippen molar-refractivity contribution in [2.45, 2.75) is 43.1 Å². The molecule has 5 heteroatoms. The Morgan fingerprint density at radius 3 is 2.32 bits per heavy atom. The number of hydrogen-bond donors (Lipinski definition) is 1.